The fourth-order valence-corrected chi connectivity index (χ4v) is 6.61. The van der Waals surface area contributed by atoms with Gasteiger partial charge >= 0.3 is 0 Å². The Morgan fingerprint density at radius 2 is 1.28 bits per heavy atom. The first-order valence-electron chi connectivity index (χ1n) is 12.5. The van der Waals surface area contributed by atoms with Crippen LogP contribution in [0.25, 0.3) is 5.57 Å². The highest BCUT2D eigenvalue weighted by molar-refractivity contribution is 6.31. The van der Waals surface area contributed by atoms with E-state index in [1.807, 2.05) is 36.4 Å². The summed E-state index contributed by atoms with van der Waals surface area (Å²) >= 11 is 6.08. The minimum Gasteiger partial charge on any atom is -0.274 e. The summed E-state index contributed by atoms with van der Waals surface area (Å²) in [5.74, 6) is -1.21. The Labute approximate surface area is 217 Å². The van der Waals surface area contributed by atoms with Crippen LogP contribution >= 0.6 is 11.6 Å². The lowest BCUT2D eigenvalue weighted by atomic mass is 9.71. The van der Waals surface area contributed by atoms with Gasteiger partial charge in [-0.25, -0.2) is 4.90 Å². The SMILES string of the molecule is CC(C)(C)C1=CC2C(=C(c3ccccc3)c3ccccc3)C1C1C(=O)N(c3ccc(Cl)cc3)C(=O)C21. The number of carbonyl (C=O) groups excluding carboxylic acids is 2. The lowest BCUT2D eigenvalue weighted by molar-refractivity contribution is -0.122. The molecule has 2 amide bonds. The molecule has 0 radical (unpaired) electrons. The molecule has 2 fully saturated rings. The minimum absolute atomic E-state index is 0.104. The van der Waals surface area contributed by atoms with Gasteiger partial charge in [-0.1, -0.05) is 105 Å². The number of carbonyl (C=O) groups is 2. The lowest BCUT2D eigenvalue weighted by Gasteiger charge is -2.31. The van der Waals surface area contributed by atoms with Crippen LogP contribution in [0.3, 0.4) is 0 Å². The molecule has 0 N–H and O–H groups in total. The predicted molar refractivity (Wildman–Crippen MR) is 144 cm³/mol. The summed E-state index contributed by atoms with van der Waals surface area (Å²) in [5.41, 5.74) is 6.33. The molecule has 3 nitrogen and oxygen atoms in total. The van der Waals surface area contributed by atoms with Crippen molar-refractivity contribution in [2.24, 2.45) is 29.1 Å². The second kappa shape index (κ2) is 8.31. The van der Waals surface area contributed by atoms with Gasteiger partial charge in [-0.2, -0.15) is 0 Å². The third-order valence-electron chi connectivity index (χ3n) is 7.90. The first-order chi connectivity index (χ1) is 17.3. The van der Waals surface area contributed by atoms with E-state index in [9.17, 15) is 9.59 Å². The smallest absolute Gasteiger partial charge is 0.238 e. The quantitative estimate of drug-likeness (QED) is 0.286. The van der Waals surface area contributed by atoms with Crippen LogP contribution in [-0.2, 0) is 9.59 Å². The predicted octanol–water partition coefficient (Wildman–Crippen LogP) is 7.18. The number of halogens is 1. The van der Waals surface area contributed by atoms with E-state index in [4.69, 9.17) is 11.6 Å². The Bertz CT molecular complexity index is 1370. The maximum absolute atomic E-state index is 14.0. The molecule has 4 atom stereocenters. The van der Waals surface area contributed by atoms with Gasteiger partial charge in [0.1, 0.15) is 0 Å². The van der Waals surface area contributed by atoms with Crippen molar-refractivity contribution >= 4 is 34.7 Å². The zero-order valence-corrected chi connectivity index (χ0v) is 21.4. The molecule has 1 saturated carbocycles. The van der Waals surface area contributed by atoms with Crippen molar-refractivity contribution in [3.8, 4) is 0 Å². The first kappa shape index (κ1) is 23.0. The van der Waals surface area contributed by atoms with E-state index < -0.39 is 5.92 Å². The van der Waals surface area contributed by atoms with Gasteiger partial charge in [0, 0.05) is 16.9 Å². The summed E-state index contributed by atoms with van der Waals surface area (Å²) in [7, 11) is 0. The fraction of sp³-hybridized carbons (Fsp3) is 0.250. The monoisotopic (exact) mass is 493 g/mol. The average Bonchev–Trinajstić information content (AvgIpc) is 3.48. The Kier molecular flexibility index (Phi) is 5.31. The molecule has 36 heavy (non-hydrogen) atoms. The molecule has 1 saturated heterocycles. The van der Waals surface area contributed by atoms with Gasteiger partial charge in [-0.3, -0.25) is 9.59 Å². The minimum atomic E-state index is -0.394. The van der Waals surface area contributed by atoms with Gasteiger partial charge in [0.15, 0.2) is 0 Å². The number of rotatable bonds is 3. The van der Waals surface area contributed by atoms with Crippen LogP contribution < -0.4 is 4.90 Å². The van der Waals surface area contributed by atoms with Crippen molar-refractivity contribution in [1.82, 2.24) is 0 Å². The molecule has 3 aliphatic rings. The van der Waals surface area contributed by atoms with E-state index in [0.29, 0.717) is 10.7 Å². The number of anilines is 1. The number of hydrogen-bond acceptors (Lipinski definition) is 2. The van der Waals surface area contributed by atoms with Crippen LogP contribution in [0.4, 0.5) is 5.69 Å². The molecule has 4 unspecified atom stereocenters. The lowest BCUT2D eigenvalue weighted by Crippen LogP contribution is -2.34. The first-order valence-corrected chi connectivity index (χ1v) is 12.9. The zero-order chi connectivity index (χ0) is 25.2. The molecular formula is C32H28ClNO2. The molecule has 0 aromatic heterocycles. The second-order valence-corrected chi connectivity index (χ2v) is 11.4. The molecular weight excluding hydrogens is 466 g/mol. The maximum Gasteiger partial charge on any atom is 0.238 e. The standard InChI is InChI=1S/C32H28ClNO2/c1-32(2,3)24-18-23-26(25(19-10-6-4-7-11-19)20-12-8-5-9-13-20)28(24)29-27(23)30(35)34(31(29)36)22-16-14-21(33)15-17-22/h4-18,23,27-29H,1-3H3. The number of imide groups is 1. The fourth-order valence-electron chi connectivity index (χ4n) is 6.48. The third kappa shape index (κ3) is 3.41. The van der Waals surface area contributed by atoms with Crippen molar-refractivity contribution in [1.29, 1.82) is 0 Å². The van der Waals surface area contributed by atoms with E-state index in [1.54, 1.807) is 24.3 Å². The summed E-state index contributed by atoms with van der Waals surface area (Å²) < 4.78 is 0. The number of benzene rings is 3. The number of amides is 2. The second-order valence-electron chi connectivity index (χ2n) is 11.0. The normalized spacial score (nSPS) is 24.8. The van der Waals surface area contributed by atoms with E-state index >= 15 is 0 Å². The summed E-state index contributed by atoms with van der Waals surface area (Å²) in [4.78, 5) is 29.3. The average molecular weight is 494 g/mol. The summed E-state index contributed by atoms with van der Waals surface area (Å²) in [5, 5.41) is 0.579. The number of hydrogen-bond donors (Lipinski definition) is 0. The maximum atomic E-state index is 14.0. The highest BCUT2D eigenvalue weighted by atomic mass is 35.5. The molecule has 1 aliphatic heterocycles. The molecule has 2 aliphatic carbocycles. The molecule has 1 heterocycles. The van der Waals surface area contributed by atoms with Crippen molar-refractivity contribution < 1.29 is 9.59 Å². The third-order valence-corrected chi connectivity index (χ3v) is 8.15. The highest BCUT2D eigenvalue weighted by Gasteiger charge is 2.65. The topological polar surface area (TPSA) is 37.4 Å². The summed E-state index contributed by atoms with van der Waals surface area (Å²) in [6.07, 6.45) is 2.30. The highest BCUT2D eigenvalue weighted by Crippen LogP contribution is 2.64. The van der Waals surface area contributed by atoms with Crippen LogP contribution in [0.1, 0.15) is 31.9 Å². The number of allylic oxidation sites excluding steroid dienone is 3. The van der Waals surface area contributed by atoms with Gasteiger partial charge in [0.05, 0.1) is 17.5 Å². The van der Waals surface area contributed by atoms with E-state index in [0.717, 1.165) is 16.7 Å². The molecule has 0 spiro atoms. The number of fused-ring (bicyclic) bond motifs is 5. The Morgan fingerprint density at radius 3 is 1.81 bits per heavy atom. The Hall–Kier alpha value is -3.43. The van der Waals surface area contributed by atoms with E-state index in [-0.39, 0.29) is 35.0 Å². The van der Waals surface area contributed by atoms with Gasteiger partial charge in [-0.05, 0) is 52.0 Å². The van der Waals surface area contributed by atoms with Crippen molar-refractivity contribution in [3.63, 3.8) is 0 Å². The van der Waals surface area contributed by atoms with Gasteiger partial charge < -0.3 is 0 Å². The van der Waals surface area contributed by atoms with Crippen LogP contribution in [0.2, 0.25) is 5.02 Å². The van der Waals surface area contributed by atoms with Crippen LogP contribution in [0.15, 0.2) is 102 Å². The molecule has 3 aromatic carbocycles. The van der Waals surface area contributed by atoms with E-state index in [2.05, 4.69) is 51.1 Å². The van der Waals surface area contributed by atoms with Crippen LogP contribution in [0, 0.1) is 29.1 Å². The molecule has 4 heteroatoms. The van der Waals surface area contributed by atoms with Crippen molar-refractivity contribution in [3.05, 3.63) is 118 Å². The van der Waals surface area contributed by atoms with Gasteiger partial charge in [0.2, 0.25) is 11.8 Å². The summed E-state index contributed by atoms with van der Waals surface area (Å²) in [6, 6.07) is 27.7. The Balaban J connectivity index is 1.56. The van der Waals surface area contributed by atoms with Crippen LogP contribution in [0.5, 0.6) is 0 Å². The Morgan fingerprint density at radius 1 is 0.750 bits per heavy atom. The van der Waals surface area contributed by atoms with Crippen molar-refractivity contribution in [2.75, 3.05) is 4.90 Å². The number of nitrogens with zero attached hydrogens (tertiary/aromatic N) is 1. The molecule has 3 aromatic rings. The molecule has 180 valence electrons. The largest absolute Gasteiger partial charge is 0.274 e. The van der Waals surface area contributed by atoms with Crippen molar-refractivity contribution in [2.45, 2.75) is 20.8 Å². The van der Waals surface area contributed by atoms with E-state index in [1.165, 1.54) is 16.0 Å². The van der Waals surface area contributed by atoms with Crippen LogP contribution in [-0.4, -0.2) is 11.8 Å². The van der Waals surface area contributed by atoms with Gasteiger partial charge in [0.25, 0.3) is 0 Å². The molecule has 2 bridgehead atoms. The molecule has 6 rings (SSSR count). The summed E-state index contributed by atoms with van der Waals surface area (Å²) in [6.45, 7) is 6.61. The van der Waals surface area contributed by atoms with Gasteiger partial charge in [-0.15, -0.1) is 0 Å². The zero-order valence-electron chi connectivity index (χ0n) is 20.6.